The number of carbonyl (C=O) groups is 1. The van der Waals surface area contributed by atoms with Gasteiger partial charge in [-0.2, -0.15) is 17.5 Å². The van der Waals surface area contributed by atoms with E-state index in [1.807, 2.05) is 0 Å². The van der Waals surface area contributed by atoms with E-state index in [1.165, 1.54) is 10.4 Å². The fourth-order valence-corrected chi connectivity index (χ4v) is 6.11. The van der Waals surface area contributed by atoms with Crippen molar-refractivity contribution in [2.24, 2.45) is 5.92 Å². The van der Waals surface area contributed by atoms with Crippen LogP contribution >= 0.6 is 11.6 Å². The average Bonchev–Trinajstić information content (AvgIpc) is 3.62. The van der Waals surface area contributed by atoms with Crippen molar-refractivity contribution in [3.8, 4) is 5.75 Å². The minimum absolute atomic E-state index is 0.0428. The lowest BCUT2D eigenvalue weighted by atomic mass is 9.99. The molecule has 0 atom stereocenters. The molecular formula is C23H22ClF4NO5S. The second-order valence-electron chi connectivity index (χ2n) is 8.75. The molecule has 6 nitrogen and oxygen atoms in total. The zero-order valence-electron chi connectivity index (χ0n) is 18.3. The number of alkyl halides is 3. The van der Waals surface area contributed by atoms with Crippen LogP contribution in [0.4, 0.5) is 17.6 Å². The largest absolute Gasteiger partial charge is 0.493 e. The second-order valence-corrected chi connectivity index (χ2v) is 11.1. The van der Waals surface area contributed by atoms with Gasteiger partial charge in [-0.15, -0.1) is 0 Å². The van der Waals surface area contributed by atoms with Crippen LogP contribution in [0.2, 0.25) is 5.02 Å². The first-order valence-corrected chi connectivity index (χ1v) is 12.8. The summed E-state index contributed by atoms with van der Waals surface area (Å²) in [6.07, 6.45) is -2.06. The third-order valence-corrected chi connectivity index (χ3v) is 8.65. The molecule has 0 amide bonds. The van der Waals surface area contributed by atoms with Gasteiger partial charge in [0, 0.05) is 19.2 Å². The van der Waals surface area contributed by atoms with Crippen LogP contribution in [-0.4, -0.2) is 43.5 Å². The molecule has 0 aromatic heterocycles. The lowest BCUT2D eigenvalue weighted by Gasteiger charge is -2.31. The van der Waals surface area contributed by atoms with E-state index in [0.717, 1.165) is 25.0 Å². The van der Waals surface area contributed by atoms with Crippen molar-refractivity contribution >= 4 is 27.6 Å². The van der Waals surface area contributed by atoms with Crippen LogP contribution in [0.15, 0.2) is 35.2 Å². The van der Waals surface area contributed by atoms with Crippen LogP contribution in [0, 0.1) is 11.7 Å². The summed E-state index contributed by atoms with van der Waals surface area (Å²) in [7, 11) is -4.09. The number of hydrogen-bond donors (Lipinski definition) is 1. The molecule has 0 unspecified atom stereocenters. The first-order valence-electron chi connectivity index (χ1n) is 10.9. The molecule has 1 N–H and O–H groups in total. The predicted octanol–water partition coefficient (Wildman–Crippen LogP) is 5.55. The Hall–Kier alpha value is -2.37. The highest BCUT2D eigenvalue weighted by molar-refractivity contribution is 7.89. The van der Waals surface area contributed by atoms with Gasteiger partial charge >= 0.3 is 12.1 Å². The van der Waals surface area contributed by atoms with Gasteiger partial charge in [0.1, 0.15) is 16.5 Å². The van der Waals surface area contributed by atoms with Gasteiger partial charge in [0.05, 0.1) is 22.8 Å². The Morgan fingerprint density at radius 3 is 2.31 bits per heavy atom. The highest BCUT2D eigenvalue weighted by atomic mass is 35.5. The van der Waals surface area contributed by atoms with Gasteiger partial charge < -0.3 is 9.84 Å². The number of sulfonamides is 1. The third kappa shape index (κ3) is 5.57. The summed E-state index contributed by atoms with van der Waals surface area (Å²) in [4.78, 5) is 10.9. The first-order chi connectivity index (χ1) is 16.4. The van der Waals surface area contributed by atoms with Crippen molar-refractivity contribution in [3.63, 3.8) is 0 Å². The molecule has 1 aliphatic heterocycles. The molecule has 2 aromatic carbocycles. The third-order valence-electron chi connectivity index (χ3n) is 6.27. The van der Waals surface area contributed by atoms with E-state index in [2.05, 4.69) is 0 Å². The maximum Gasteiger partial charge on any atom is 0.416 e. The van der Waals surface area contributed by atoms with Crippen molar-refractivity contribution < 1.29 is 40.6 Å². The number of aromatic carboxylic acids is 1. The maximum absolute atomic E-state index is 14.2. The van der Waals surface area contributed by atoms with Crippen molar-refractivity contribution in [2.45, 2.75) is 42.7 Å². The topological polar surface area (TPSA) is 83.9 Å². The van der Waals surface area contributed by atoms with Gasteiger partial charge in [-0.3, -0.25) is 0 Å². The minimum atomic E-state index is -4.64. The molecule has 35 heavy (non-hydrogen) atoms. The second kappa shape index (κ2) is 9.59. The molecule has 2 aromatic rings. The Balaban J connectivity index is 1.40. The van der Waals surface area contributed by atoms with Crippen LogP contribution in [0.1, 0.15) is 53.1 Å². The van der Waals surface area contributed by atoms with E-state index in [0.29, 0.717) is 36.3 Å². The van der Waals surface area contributed by atoms with Gasteiger partial charge in [-0.05, 0) is 67.3 Å². The number of halogens is 5. The van der Waals surface area contributed by atoms with E-state index in [1.54, 1.807) is 0 Å². The summed E-state index contributed by atoms with van der Waals surface area (Å²) < 4.78 is 85.7. The monoisotopic (exact) mass is 535 g/mol. The molecule has 0 bridgehead atoms. The Kier molecular flexibility index (Phi) is 7.05. The predicted molar refractivity (Wildman–Crippen MR) is 119 cm³/mol. The minimum Gasteiger partial charge on any atom is -0.493 e. The molecule has 0 spiro atoms. The molecule has 0 radical (unpaired) electrons. The highest BCUT2D eigenvalue weighted by Gasteiger charge is 2.35. The van der Waals surface area contributed by atoms with E-state index in [-0.39, 0.29) is 36.4 Å². The van der Waals surface area contributed by atoms with Crippen LogP contribution in [0.25, 0.3) is 0 Å². The van der Waals surface area contributed by atoms with Crippen LogP contribution in [0.3, 0.4) is 0 Å². The Morgan fingerprint density at radius 2 is 1.77 bits per heavy atom. The van der Waals surface area contributed by atoms with E-state index in [4.69, 9.17) is 21.4 Å². The zero-order chi connectivity index (χ0) is 25.5. The van der Waals surface area contributed by atoms with Gasteiger partial charge in [0.15, 0.2) is 0 Å². The summed E-state index contributed by atoms with van der Waals surface area (Å²) >= 11 is 5.88. The highest BCUT2D eigenvalue weighted by Crippen LogP contribution is 2.45. The number of ether oxygens (including phenoxy) is 1. The molecule has 190 valence electrons. The standard InChI is InChI=1S/C23H22ClF4NO5S/c24-18-9-15(23(26,27)28)3-4-21(18)35(32,33)29-7-5-13(6-8-29)12-34-20-11-19(25)17(22(30)31)10-16(20)14-1-2-14/h3-4,9-11,13-14H,1-2,5-8,12H2,(H,30,31). The summed E-state index contributed by atoms with van der Waals surface area (Å²) in [5, 5.41) is 8.67. The first kappa shape index (κ1) is 25.7. The van der Waals surface area contributed by atoms with Crippen molar-refractivity contribution in [1.82, 2.24) is 4.31 Å². The number of rotatable bonds is 7. The number of hydrogen-bond acceptors (Lipinski definition) is 4. The van der Waals surface area contributed by atoms with Gasteiger partial charge in [-0.1, -0.05) is 11.6 Å². The zero-order valence-corrected chi connectivity index (χ0v) is 19.9. The van der Waals surface area contributed by atoms with E-state index in [9.17, 15) is 30.8 Å². The SMILES string of the molecule is O=C(O)c1cc(C2CC2)c(OCC2CCN(S(=O)(=O)c3ccc(C(F)(F)F)cc3Cl)CC2)cc1F. The summed E-state index contributed by atoms with van der Waals surface area (Å²) in [5.74, 6) is -1.85. The fraction of sp³-hybridized carbons (Fsp3) is 0.435. The maximum atomic E-state index is 14.2. The smallest absolute Gasteiger partial charge is 0.416 e. The fourth-order valence-electron chi connectivity index (χ4n) is 4.12. The lowest BCUT2D eigenvalue weighted by Crippen LogP contribution is -2.39. The van der Waals surface area contributed by atoms with Crippen molar-refractivity contribution in [2.75, 3.05) is 19.7 Å². The van der Waals surface area contributed by atoms with Crippen molar-refractivity contribution in [3.05, 3.63) is 57.9 Å². The normalized spacial score (nSPS) is 18.0. The summed E-state index contributed by atoms with van der Waals surface area (Å²) in [5.41, 5.74) is -0.781. The number of carboxylic acid groups (broad SMARTS) is 1. The molecule has 1 aliphatic carbocycles. The molecule has 2 aliphatic rings. The Labute approximate surface area is 204 Å². The van der Waals surface area contributed by atoms with E-state index >= 15 is 0 Å². The Bertz CT molecular complexity index is 1240. The molecule has 1 saturated heterocycles. The van der Waals surface area contributed by atoms with Gasteiger partial charge in [0.25, 0.3) is 0 Å². The van der Waals surface area contributed by atoms with E-state index < -0.39 is 44.1 Å². The van der Waals surface area contributed by atoms with Crippen LogP contribution in [0.5, 0.6) is 5.75 Å². The van der Waals surface area contributed by atoms with Gasteiger partial charge in [0.2, 0.25) is 10.0 Å². The quantitative estimate of drug-likeness (QED) is 0.470. The number of nitrogens with zero attached hydrogens (tertiary/aromatic N) is 1. The molecule has 1 heterocycles. The number of piperidine rings is 1. The average molecular weight is 536 g/mol. The molecule has 2 fully saturated rings. The number of carboxylic acids is 1. The Morgan fingerprint density at radius 1 is 1.11 bits per heavy atom. The summed E-state index contributed by atoms with van der Waals surface area (Å²) in [6.45, 7) is 0.436. The van der Waals surface area contributed by atoms with Crippen LogP contribution in [-0.2, 0) is 16.2 Å². The molecule has 4 rings (SSSR count). The number of benzene rings is 2. The molecule has 1 saturated carbocycles. The van der Waals surface area contributed by atoms with Crippen LogP contribution < -0.4 is 4.74 Å². The molecule has 12 heteroatoms. The van der Waals surface area contributed by atoms with Gasteiger partial charge in [-0.25, -0.2) is 17.6 Å². The lowest BCUT2D eigenvalue weighted by molar-refractivity contribution is -0.137. The molecular weight excluding hydrogens is 514 g/mol. The van der Waals surface area contributed by atoms with Crippen molar-refractivity contribution in [1.29, 1.82) is 0 Å². The summed E-state index contributed by atoms with van der Waals surface area (Å²) in [6, 6.07) is 4.55.